The molecule has 0 fully saturated rings. The van der Waals surface area contributed by atoms with Crippen molar-refractivity contribution in [1.82, 2.24) is 10.4 Å². The van der Waals surface area contributed by atoms with Gasteiger partial charge in [0.2, 0.25) is 0 Å². The lowest BCUT2D eigenvalue weighted by molar-refractivity contribution is 0.607. The molecule has 0 radical (unpaired) electrons. The summed E-state index contributed by atoms with van der Waals surface area (Å²) in [7, 11) is 0. The number of nitrogens with two attached hydrogens (primary N) is 1. The summed E-state index contributed by atoms with van der Waals surface area (Å²) in [6, 6.07) is 10.5. The molecule has 19 heavy (non-hydrogen) atoms. The first-order chi connectivity index (χ1) is 9.19. The second-order valence-corrected chi connectivity index (χ2v) is 5.31. The molecule has 3 N–H and O–H groups in total. The van der Waals surface area contributed by atoms with Crippen LogP contribution in [-0.4, -0.2) is 10.7 Å². The molecule has 2 aromatic rings. The predicted octanol–water partition coefficient (Wildman–Crippen LogP) is 2.83. The number of rotatable bonds is 5. The zero-order chi connectivity index (χ0) is 13.7. The number of benzene rings is 1. The third-order valence-electron chi connectivity index (χ3n) is 2.75. The minimum Gasteiger partial charge on any atom is -0.271 e. The van der Waals surface area contributed by atoms with Crippen molar-refractivity contribution in [3.8, 4) is 0 Å². The minimum absolute atomic E-state index is 0.0126. The van der Waals surface area contributed by atoms with Crippen molar-refractivity contribution in [3.05, 3.63) is 59.7 Å². The van der Waals surface area contributed by atoms with E-state index in [-0.39, 0.29) is 11.9 Å². The third kappa shape index (κ3) is 4.02. The molecule has 0 bridgehead atoms. The number of nitrogens with one attached hydrogen (secondary N) is 1. The van der Waals surface area contributed by atoms with Crippen molar-refractivity contribution in [3.63, 3.8) is 0 Å². The number of pyridine rings is 1. The van der Waals surface area contributed by atoms with E-state index in [9.17, 15) is 4.39 Å². The Morgan fingerprint density at radius 3 is 2.84 bits per heavy atom. The van der Waals surface area contributed by atoms with Crippen molar-refractivity contribution in [2.45, 2.75) is 17.9 Å². The van der Waals surface area contributed by atoms with Crippen LogP contribution >= 0.6 is 11.8 Å². The lowest BCUT2D eigenvalue weighted by atomic mass is 10.1. The average molecular weight is 277 g/mol. The molecule has 0 amide bonds. The Labute approximate surface area is 116 Å². The molecule has 1 heterocycles. The van der Waals surface area contributed by atoms with E-state index < -0.39 is 0 Å². The molecule has 0 saturated heterocycles. The SMILES string of the molecule is Cc1ccc(C(CSc2cccc(F)c2)NN)cn1. The van der Waals surface area contributed by atoms with E-state index in [2.05, 4.69) is 10.4 Å². The van der Waals surface area contributed by atoms with Crippen LogP contribution in [0.15, 0.2) is 47.5 Å². The molecular formula is C14H16FN3S. The summed E-state index contributed by atoms with van der Waals surface area (Å²) in [6.45, 7) is 1.94. The quantitative estimate of drug-likeness (QED) is 0.501. The summed E-state index contributed by atoms with van der Waals surface area (Å²) in [6.07, 6.45) is 1.81. The van der Waals surface area contributed by atoms with Gasteiger partial charge in [-0.15, -0.1) is 11.8 Å². The summed E-state index contributed by atoms with van der Waals surface area (Å²) in [4.78, 5) is 5.14. The summed E-state index contributed by atoms with van der Waals surface area (Å²) in [5.41, 5.74) is 4.76. The number of aromatic nitrogens is 1. The number of thioether (sulfide) groups is 1. The van der Waals surface area contributed by atoms with Crippen LogP contribution in [0, 0.1) is 12.7 Å². The largest absolute Gasteiger partial charge is 0.271 e. The highest BCUT2D eigenvalue weighted by Gasteiger charge is 2.10. The summed E-state index contributed by atoms with van der Waals surface area (Å²) in [5.74, 6) is 6.06. The fourth-order valence-electron chi connectivity index (χ4n) is 1.66. The smallest absolute Gasteiger partial charge is 0.124 e. The van der Waals surface area contributed by atoms with E-state index in [1.54, 1.807) is 17.8 Å². The highest BCUT2D eigenvalue weighted by molar-refractivity contribution is 7.99. The molecule has 1 aromatic carbocycles. The number of hydrogen-bond donors (Lipinski definition) is 2. The van der Waals surface area contributed by atoms with Crippen LogP contribution in [0.2, 0.25) is 0 Å². The van der Waals surface area contributed by atoms with Gasteiger partial charge in [-0.2, -0.15) is 0 Å². The van der Waals surface area contributed by atoms with Crippen molar-refractivity contribution < 1.29 is 4.39 Å². The molecule has 0 aliphatic carbocycles. The number of aryl methyl sites for hydroxylation is 1. The molecule has 3 nitrogen and oxygen atoms in total. The fraction of sp³-hybridized carbons (Fsp3) is 0.214. The van der Waals surface area contributed by atoms with Crippen LogP contribution in [0.5, 0.6) is 0 Å². The first-order valence-electron chi connectivity index (χ1n) is 5.96. The van der Waals surface area contributed by atoms with Crippen LogP contribution in [-0.2, 0) is 0 Å². The predicted molar refractivity (Wildman–Crippen MR) is 76.2 cm³/mol. The van der Waals surface area contributed by atoms with Crippen LogP contribution in [0.3, 0.4) is 0 Å². The molecule has 1 aromatic heterocycles. The van der Waals surface area contributed by atoms with Gasteiger partial charge in [0.25, 0.3) is 0 Å². The second kappa shape index (κ2) is 6.65. The molecule has 100 valence electrons. The molecule has 0 saturated carbocycles. The Bertz CT molecular complexity index is 530. The standard InChI is InChI=1S/C14H16FN3S/c1-10-5-6-11(8-17-10)14(18-16)9-19-13-4-2-3-12(15)7-13/h2-8,14,18H,9,16H2,1H3. The highest BCUT2D eigenvalue weighted by atomic mass is 32.2. The molecule has 0 aliphatic heterocycles. The van der Waals surface area contributed by atoms with E-state index in [0.29, 0.717) is 5.75 Å². The maximum absolute atomic E-state index is 13.1. The van der Waals surface area contributed by atoms with Crippen LogP contribution in [0.25, 0.3) is 0 Å². The van der Waals surface area contributed by atoms with Gasteiger partial charge in [0, 0.05) is 22.5 Å². The maximum Gasteiger partial charge on any atom is 0.124 e. The van der Waals surface area contributed by atoms with Crippen molar-refractivity contribution in [2.24, 2.45) is 5.84 Å². The first-order valence-corrected chi connectivity index (χ1v) is 6.94. The Kier molecular flexibility index (Phi) is 4.90. The molecule has 2 rings (SSSR count). The van der Waals surface area contributed by atoms with E-state index in [1.165, 1.54) is 12.1 Å². The molecule has 1 atom stereocenters. The summed E-state index contributed by atoms with van der Waals surface area (Å²) < 4.78 is 13.1. The molecule has 5 heteroatoms. The molecular weight excluding hydrogens is 261 g/mol. The zero-order valence-corrected chi connectivity index (χ0v) is 11.5. The molecule has 0 aliphatic rings. The van der Waals surface area contributed by atoms with E-state index >= 15 is 0 Å². The second-order valence-electron chi connectivity index (χ2n) is 4.22. The maximum atomic E-state index is 13.1. The highest BCUT2D eigenvalue weighted by Crippen LogP contribution is 2.24. The van der Waals surface area contributed by atoms with Gasteiger partial charge in [-0.05, 0) is 36.8 Å². The summed E-state index contributed by atoms with van der Waals surface area (Å²) in [5, 5.41) is 0. The number of hydrogen-bond acceptors (Lipinski definition) is 4. The summed E-state index contributed by atoms with van der Waals surface area (Å²) >= 11 is 1.56. The van der Waals surface area contributed by atoms with Gasteiger partial charge in [-0.1, -0.05) is 12.1 Å². The van der Waals surface area contributed by atoms with Gasteiger partial charge in [0.05, 0.1) is 6.04 Å². The average Bonchev–Trinajstić information content (AvgIpc) is 2.41. The Balaban J connectivity index is 2.01. The van der Waals surface area contributed by atoms with Crippen molar-refractivity contribution in [1.29, 1.82) is 0 Å². The van der Waals surface area contributed by atoms with E-state index in [1.807, 2.05) is 31.3 Å². The first kappa shape index (κ1) is 14.0. The number of nitrogens with zero attached hydrogens (tertiary/aromatic N) is 1. The van der Waals surface area contributed by atoms with Gasteiger partial charge < -0.3 is 0 Å². The van der Waals surface area contributed by atoms with Crippen LogP contribution in [0.4, 0.5) is 4.39 Å². The van der Waals surface area contributed by atoms with Crippen molar-refractivity contribution >= 4 is 11.8 Å². The van der Waals surface area contributed by atoms with Gasteiger partial charge in [-0.3, -0.25) is 16.3 Å². The van der Waals surface area contributed by atoms with Crippen LogP contribution in [0.1, 0.15) is 17.3 Å². The molecule has 1 unspecified atom stereocenters. The minimum atomic E-state index is -0.223. The Hall–Kier alpha value is -1.43. The lowest BCUT2D eigenvalue weighted by Crippen LogP contribution is -2.29. The Morgan fingerprint density at radius 1 is 1.37 bits per heavy atom. The van der Waals surface area contributed by atoms with Gasteiger partial charge in [0.15, 0.2) is 0 Å². The van der Waals surface area contributed by atoms with Gasteiger partial charge >= 0.3 is 0 Å². The molecule has 0 spiro atoms. The number of halogens is 1. The van der Waals surface area contributed by atoms with Gasteiger partial charge in [0.1, 0.15) is 5.82 Å². The lowest BCUT2D eigenvalue weighted by Gasteiger charge is -2.15. The van der Waals surface area contributed by atoms with E-state index in [4.69, 9.17) is 5.84 Å². The monoisotopic (exact) mass is 277 g/mol. The Morgan fingerprint density at radius 2 is 2.21 bits per heavy atom. The van der Waals surface area contributed by atoms with E-state index in [0.717, 1.165) is 16.2 Å². The fourth-order valence-corrected chi connectivity index (χ4v) is 2.68. The van der Waals surface area contributed by atoms with Crippen LogP contribution < -0.4 is 11.3 Å². The van der Waals surface area contributed by atoms with Crippen molar-refractivity contribution in [2.75, 3.05) is 5.75 Å². The third-order valence-corrected chi connectivity index (χ3v) is 3.84. The van der Waals surface area contributed by atoms with Gasteiger partial charge in [-0.25, -0.2) is 4.39 Å². The zero-order valence-electron chi connectivity index (χ0n) is 10.6. The topological polar surface area (TPSA) is 50.9 Å². The number of hydrazine groups is 1. The normalized spacial score (nSPS) is 12.4.